The summed E-state index contributed by atoms with van der Waals surface area (Å²) in [5, 5.41) is 20.6. The van der Waals surface area contributed by atoms with E-state index in [1.54, 1.807) is 12.1 Å². The number of rotatable bonds is 4. The number of carboxylic acid groups (broad SMARTS) is 1. The third kappa shape index (κ3) is 2.04. The van der Waals surface area contributed by atoms with Crippen LogP contribution in [0.3, 0.4) is 0 Å². The molecule has 0 unspecified atom stereocenters. The number of nitrogens with zero attached hydrogens (tertiary/aromatic N) is 4. The van der Waals surface area contributed by atoms with Gasteiger partial charge in [-0.05, 0) is 35.4 Å². The van der Waals surface area contributed by atoms with E-state index in [1.807, 2.05) is 0 Å². The van der Waals surface area contributed by atoms with Gasteiger partial charge in [0.2, 0.25) is 0 Å². The van der Waals surface area contributed by atoms with Crippen LogP contribution in [0.25, 0.3) is 11.4 Å². The molecule has 1 aromatic carbocycles. The lowest BCUT2D eigenvalue weighted by Crippen LogP contribution is -2.42. The van der Waals surface area contributed by atoms with Gasteiger partial charge in [-0.1, -0.05) is 18.6 Å². The summed E-state index contributed by atoms with van der Waals surface area (Å²) in [5.41, 5.74) is -0.257. The van der Waals surface area contributed by atoms with Gasteiger partial charge in [0.1, 0.15) is 5.82 Å². The van der Waals surface area contributed by atoms with Gasteiger partial charge in [0.15, 0.2) is 5.82 Å². The number of aliphatic carboxylic acids is 1. The number of carboxylic acids is 1. The Balaban J connectivity index is 1.93. The molecular weight excluding hydrogens is 263 g/mol. The first-order valence-corrected chi connectivity index (χ1v) is 6.36. The molecule has 1 heterocycles. The lowest BCUT2D eigenvalue weighted by atomic mass is 9.69. The fourth-order valence-electron chi connectivity index (χ4n) is 2.48. The molecule has 20 heavy (non-hydrogen) atoms. The zero-order valence-electron chi connectivity index (χ0n) is 10.7. The van der Waals surface area contributed by atoms with E-state index in [9.17, 15) is 14.3 Å². The Morgan fingerprint density at radius 1 is 1.45 bits per heavy atom. The Bertz CT molecular complexity index is 651. The molecule has 0 saturated heterocycles. The van der Waals surface area contributed by atoms with Crippen LogP contribution in [0.15, 0.2) is 24.3 Å². The van der Waals surface area contributed by atoms with E-state index in [-0.39, 0.29) is 12.4 Å². The molecule has 0 amide bonds. The van der Waals surface area contributed by atoms with E-state index in [2.05, 4.69) is 15.5 Å². The zero-order valence-corrected chi connectivity index (χ0v) is 10.7. The van der Waals surface area contributed by atoms with Gasteiger partial charge in [-0.3, -0.25) is 4.79 Å². The summed E-state index contributed by atoms with van der Waals surface area (Å²) >= 11 is 0. The SMILES string of the molecule is O=C(O)C1(Cn2nnnc2-c2cccc(F)c2)CCC1. The zero-order chi connectivity index (χ0) is 14.2. The molecule has 3 rings (SSSR count). The molecule has 1 fully saturated rings. The lowest BCUT2D eigenvalue weighted by molar-refractivity contribution is -0.156. The number of benzene rings is 1. The summed E-state index contributed by atoms with van der Waals surface area (Å²) in [7, 11) is 0. The van der Waals surface area contributed by atoms with Gasteiger partial charge >= 0.3 is 5.97 Å². The van der Waals surface area contributed by atoms with Crippen molar-refractivity contribution in [1.29, 1.82) is 0 Å². The molecule has 0 atom stereocenters. The number of aromatic nitrogens is 4. The van der Waals surface area contributed by atoms with Crippen molar-refractivity contribution < 1.29 is 14.3 Å². The standard InChI is InChI=1S/C13H13FN4O2/c14-10-4-1-3-9(7-10)11-15-16-17-18(11)8-13(12(19)20)5-2-6-13/h1,3-4,7H,2,5-6,8H2,(H,19,20). The van der Waals surface area contributed by atoms with Crippen LogP contribution in [-0.4, -0.2) is 31.3 Å². The Hall–Kier alpha value is -2.31. The minimum Gasteiger partial charge on any atom is -0.481 e. The number of carbonyl (C=O) groups is 1. The van der Waals surface area contributed by atoms with E-state index < -0.39 is 11.4 Å². The van der Waals surface area contributed by atoms with Crippen molar-refractivity contribution in [3.63, 3.8) is 0 Å². The predicted molar refractivity (Wildman–Crippen MR) is 67.1 cm³/mol. The molecule has 1 saturated carbocycles. The average molecular weight is 276 g/mol. The Labute approximate surface area is 114 Å². The maximum absolute atomic E-state index is 13.3. The van der Waals surface area contributed by atoms with Gasteiger partial charge in [-0.25, -0.2) is 9.07 Å². The third-order valence-electron chi connectivity index (χ3n) is 3.83. The summed E-state index contributed by atoms with van der Waals surface area (Å²) in [4.78, 5) is 11.4. The van der Waals surface area contributed by atoms with Crippen LogP contribution in [0.4, 0.5) is 4.39 Å². The fraction of sp³-hybridized carbons (Fsp3) is 0.385. The second kappa shape index (κ2) is 4.66. The molecule has 0 spiro atoms. The molecule has 2 aromatic rings. The number of hydrogen-bond acceptors (Lipinski definition) is 4. The largest absolute Gasteiger partial charge is 0.481 e. The molecule has 1 aromatic heterocycles. The highest BCUT2D eigenvalue weighted by Gasteiger charge is 2.45. The van der Waals surface area contributed by atoms with Gasteiger partial charge < -0.3 is 5.11 Å². The van der Waals surface area contributed by atoms with Crippen molar-refractivity contribution in [3.8, 4) is 11.4 Å². The molecule has 1 aliphatic rings. The van der Waals surface area contributed by atoms with Gasteiger partial charge in [-0.15, -0.1) is 5.10 Å². The van der Waals surface area contributed by atoms with Crippen molar-refractivity contribution in [2.24, 2.45) is 5.41 Å². The van der Waals surface area contributed by atoms with Gasteiger partial charge in [-0.2, -0.15) is 0 Å². The Morgan fingerprint density at radius 3 is 2.85 bits per heavy atom. The van der Waals surface area contributed by atoms with E-state index in [4.69, 9.17) is 0 Å². The highest BCUT2D eigenvalue weighted by Crippen LogP contribution is 2.43. The van der Waals surface area contributed by atoms with Gasteiger partial charge in [0, 0.05) is 5.56 Å². The first kappa shape index (κ1) is 12.7. The number of tetrazole rings is 1. The topological polar surface area (TPSA) is 80.9 Å². The monoisotopic (exact) mass is 276 g/mol. The van der Waals surface area contributed by atoms with Gasteiger partial charge in [0.25, 0.3) is 0 Å². The summed E-state index contributed by atoms with van der Waals surface area (Å²) in [6, 6.07) is 5.93. The molecule has 6 nitrogen and oxygen atoms in total. The molecule has 0 radical (unpaired) electrons. The van der Waals surface area contributed by atoms with Crippen molar-refractivity contribution in [2.45, 2.75) is 25.8 Å². The van der Waals surface area contributed by atoms with Crippen LogP contribution in [-0.2, 0) is 11.3 Å². The number of hydrogen-bond donors (Lipinski definition) is 1. The number of halogens is 1. The van der Waals surface area contributed by atoms with E-state index in [0.717, 1.165) is 6.42 Å². The molecule has 1 N–H and O–H groups in total. The Morgan fingerprint density at radius 2 is 2.25 bits per heavy atom. The second-order valence-corrected chi connectivity index (χ2v) is 5.11. The van der Waals surface area contributed by atoms with Crippen LogP contribution in [0, 0.1) is 11.2 Å². The van der Waals surface area contributed by atoms with E-state index in [0.29, 0.717) is 24.2 Å². The minimum atomic E-state index is -0.829. The maximum Gasteiger partial charge on any atom is 0.311 e. The smallest absolute Gasteiger partial charge is 0.311 e. The molecular formula is C13H13FN4O2. The van der Waals surface area contributed by atoms with Crippen molar-refractivity contribution in [2.75, 3.05) is 0 Å². The minimum absolute atomic E-state index is 0.210. The lowest BCUT2D eigenvalue weighted by Gasteiger charge is -2.37. The molecule has 1 aliphatic carbocycles. The van der Waals surface area contributed by atoms with E-state index >= 15 is 0 Å². The predicted octanol–water partition coefficient (Wildman–Crippen LogP) is 1.73. The first-order chi connectivity index (χ1) is 9.61. The average Bonchev–Trinajstić information content (AvgIpc) is 2.81. The first-order valence-electron chi connectivity index (χ1n) is 6.36. The van der Waals surface area contributed by atoms with Crippen LogP contribution in [0.2, 0.25) is 0 Å². The molecule has 7 heteroatoms. The van der Waals surface area contributed by atoms with Crippen molar-refractivity contribution in [1.82, 2.24) is 20.2 Å². The van der Waals surface area contributed by atoms with Gasteiger partial charge in [0.05, 0.1) is 12.0 Å². The second-order valence-electron chi connectivity index (χ2n) is 5.11. The summed E-state index contributed by atoms with van der Waals surface area (Å²) in [6.45, 7) is 0.210. The molecule has 0 aliphatic heterocycles. The maximum atomic E-state index is 13.3. The van der Waals surface area contributed by atoms with Crippen molar-refractivity contribution in [3.05, 3.63) is 30.1 Å². The van der Waals surface area contributed by atoms with Crippen LogP contribution >= 0.6 is 0 Å². The highest BCUT2D eigenvalue weighted by molar-refractivity contribution is 5.75. The quantitative estimate of drug-likeness (QED) is 0.919. The Kier molecular flexibility index (Phi) is 2.96. The summed E-state index contributed by atoms with van der Waals surface area (Å²) < 4.78 is 14.7. The van der Waals surface area contributed by atoms with Crippen molar-refractivity contribution >= 4 is 5.97 Å². The fourth-order valence-corrected chi connectivity index (χ4v) is 2.48. The molecule has 0 bridgehead atoms. The van der Waals surface area contributed by atoms with Crippen LogP contribution < -0.4 is 0 Å². The normalized spacial score (nSPS) is 16.6. The third-order valence-corrected chi connectivity index (χ3v) is 3.83. The summed E-state index contributed by atoms with van der Waals surface area (Å²) in [5.74, 6) is -0.824. The van der Waals surface area contributed by atoms with Crippen LogP contribution in [0.5, 0.6) is 0 Å². The van der Waals surface area contributed by atoms with Crippen LogP contribution in [0.1, 0.15) is 19.3 Å². The highest BCUT2D eigenvalue weighted by atomic mass is 19.1. The summed E-state index contributed by atoms with van der Waals surface area (Å²) in [6.07, 6.45) is 2.12. The van der Waals surface area contributed by atoms with E-state index in [1.165, 1.54) is 16.8 Å². The molecule has 104 valence electrons.